The normalized spacial score (nSPS) is 11.4. The Morgan fingerprint density at radius 2 is 1.71 bits per heavy atom. The maximum atomic E-state index is 6.29. The Hall–Kier alpha value is -1.51. The van der Waals surface area contributed by atoms with Crippen LogP contribution in [0.2, 0.25) is 5.02 Å². The molecule has 0 unspecified atom stereocenters. The van der Waals surface area contributed by atoms with Gasteiger partial charge in [-0.2, -0.15) is 0 Å². The maximum Gasteiger partial charge on any atom is 0.142 e. The fraction of sp³-hybridized carbons (Fsp3) is 0.333. The molecule has 21 heavy (non-hydrogen) atoms. The molecule has 0 bridgehead atoms. The molecular weight excluding hydrogens is 282 g/mol. The summed E-state index contributed by atoms with van der Waals surface area (Å²) >= 11 is 6.29. The molecule has 1 N–H and O–H groups in total. The highest BCUT2D eigenvalue weighted by Crippen LogP contribution is 2.29. The molecule has 0 aliphatic heterocycles. The number of halogens is 1. The molecule has 112 valence electrons. The van der Waals surface area contributed by atoms with Crippen LogP contribution in [0.4, 0.5) is 0 Å². The van der Waals surface area contributed by atoms with Crippen LogP contribution in [0.3, 0.4) is 0 Å². The van der Waals surface area contributed by atoms with Crippen LogP contribution in [0, 0.1) is 0 Å². The zero-order valence-corrected chi connectivity index (χ0v) is 13.6. The Balaban J connectivity index is 2.10. The summed E-state index contributed by atoms with van der Waals surface area (Å²) in [5.41, 5.74) is 2.26. The van der Waals surface area contributed by atoms with E-state index in [2.05, 4.69) is 26.1 Å². The van der Waals surface area contributed by atoms with Crippen LogP contribution in [-0.2, 0) is 13.2 Å². The molecule has 0 fully saturated rings. The topological polar surface area (TPSA) is 21.3 Å². The lowest BCUT2D eigenvalue weighted by molar-refractivity contribution is 0.300. The van der Waals surface area contributed by atoms with Gasteiger partial charge >= 0.3 is 0 Å². The Kier molecular flexibility index (Phi) is 5.27. The van der Waals surface area contributed by atoms with Gasteiger partial charge in [0.15, 0.2) is 0 Å². The van der Waals surface area contributed by atoms with Crippen molar-refractivity contribution in [3.8, 4) is 5.75 Å². The lowest BCUT2D eigenvalue weighted by atomic mass is 10.1. The van der Waals surface area contributed by atoms with E-state index in [1.54, 1.807) is 0 Å². The van der Waals surface area contributed by atoms with E-state index in [0.29, 0.717) is 11.6 Å². The van der Waals surface area contributed by atoms with E-state index in [1.165, 1.54) is 0 Å². The van der Waals surface area contributed by atoms with Crippen molar-refractivity contribution in [2.45, 2.75) is 39.5 Å². The number of ether oxygens (including phenoxy) is 1. The van der Waals surface area contributed by atoms with Gasteiger partial charge < -0.3 is 10.1 Å². The molecule has 0 saturated carbocycles. The van der Waals surface area contributed by atoms with Crippen LogP contribution >= 0.6 is 11.6 Å². The molecule has 0 radical (unpaired) electrons. The van der Waals surface area contributed by atoms with Gasteiger partial charge in [0.2, 0.25) is 0 Å². The van der Waals surface area contributed by atoms with Gasteiger partial charge in [0.25, 0.3) is 0 Å². The van der Waals surface area contributed by atoms with Gasteiger partial charge in [-0.05, 0) is 32.4 Å². The predicted octanol–water partition coefficient (Wildman–Crippen LogP) is 4.81. The first-order valence-corrected chi connectivity index (χ1v) is 7.53. The minimum Gasteiger partial charge on any atom is -0.487 e. The Labute approximate surface area is 132 Å². The van der Waals surface area contributed by atoms with Crippen LogP contribution in [0.15, 0.2) is 48.5 Å². The van der Waals surface area contributed by atoms with Crippen LogP contribution in [0.5, 0.6) is 5.75 Å². The smallest absolute Gasteiger partial charge is 0.142 e. The standard InChI is InChI=1S/C18H22ClNO/c1-18(2,3)20-12-15-10-7-11-16(19)17(15)21-13-14-8-5-4-6-9-14/h4-11,20H,12-13H2,1-3H3. The highest BCUT2D eigenvalue weighted by Gasteiger charge is 2.13. The van der Waals surface area contributed by atoms with Crippen molar-refractivity contribution in [1.29, 1.82) is 0 Å². The highest BCUT2D eigenvalue weighted by molar-refractivity contribution is 6.32. The van der Waals surface area contributed by atoms with E-state index < -0.39 is 0 Å². The van der Waals surface area contributed by atoms with Gasteiger partial charge in [0, 0.05) is 17.6 Å². The summed E-state index contributed by atoms with van der Waals surface area (Å²) in [7, 11) is 0. The molecule has 0 aliphatic carbocycles. The fourth-order valence-corrected chi connectivity index (χ4v) is 2.19. The molecule has 0 aliphatic rings. The average Bonchev–Trinajstić information content (AvgIpc) is 2.44. The molecule has 0 saturated heterocycles. The number of rotatable bonds is 5. The predicted molar refractivity (Wildman–Crippen MR) is 88.8 cm³/mol. The lowest BCUT2D eigenvalue weighted by Crippen LogP contribution is -2.35. The van der Waals surface area contributed by atoms with Crippen LogP contribution in [-0.4, -0.2) is 5.54 Å². The summed E-state index contributed by atoms with van der Waals surface area (Å²) in [6, 6.07) is 16.0. The van der Waals surface area contributed by atoms with Gasteiger partial charge in [0.05, 0.1) is 5.02 Å². The highest BCUT2D eigenvalue weighted by atomic mass is 35.5. The summed E-state index contributed by atoms with van der Waals surface area (Å²) in [4.78, 5) is 0. The third-order valence-corrected chi connectivity index (χ3v) is 3.38. The summed E-state index contributed by atoms with van der Waals surface area (Å²) in [5.74, 6) is 0.764. The van der Waals surface area contributed by atoms with E-state index in [0.717, 1.165) is 23.4 Å². The minimum absolute atomic E-state index is 0.0546. The second kappa shape index (κ2) is 6.97. The first-order valence-electron chi connectivity index (χ1n) is 7.15. The van der Waals surface area contributed by atoms with E-state index in [4.69, 9.17) is 16.3 Å². The fourth-order valence-electron chi connectivity index (χ4n) is 1.94. The van der Waals surface area contributed by atoms with Crippen molar-refractivity contribution in [1.82, 2.24) is 5.32 Å². The number of benzene rings is 2. The first kappa shape index (κ1) is 15.9. The largest absolute Gasteiger partial charge is 0.487 e. The first-order chi connectivity index (χ1) is 9.96. The lowest BCUT2D eigenvalue weighted by Gasteiger charge is -2.22. The van der Waals surface area contributed by atoms with Crippen LogP contribution in [0.1, 0.15) is 31.9 Å². The van der Waals surface area contributed by atoms with Crippen LogP contribution in [0.25, 0.3) is 0 Å². The maximum absolute atomic E-state index is 6.29. The van der Waals surface area contributed by atoms with Crippen molar-refractivity contribution < 1.29 is 4.74 Å². The van der Waals surface area contributed by atoms with Crippen molar-refractivity contribution in [3.63, 3.8) is 0 Å². The molecule has 2 nitrogen and oxygen atoms in total. The average molecular weight is 304 g/mol. The number of nitrogens with one attached hydrogen (secondary N) is 1. The van der Waals surface area contributed by atoms with E-state index >= 15 is 0 Å². The quantitative estimate of drug-likeness (QED) is 0.856. The Morgan fingerprint density at radius 3 is 2.38 bits per heavy atom. The Bertz CT molecular complexity index is 576. The summed E-state index contributed by atoms with van der Waals surface area (Å²) in [6.45, 7) is 7.67. The van der Waals surface area contributed by atoms with Crippen LogP contribution < -0.4 is 10.1 Å². The summed E-state index contributed by atoms with van der Waals surface area (Å²) < 4.78 is 5.95. The second-order valence-corrected chi connectivity index (χ2v) is 6.51. The Morgan fingerprint density at radius 1 is 1.00 bits per heavy atom. The molecular formula is C18H22ClNO. The summed E-state index contributed by atoms with van der Waals surface area (Å²) in [5, 5.41) is 4.12. The minimum atomic E-state index is 0.0546. The molecule has 0 amide bonds. The molecule has 2 aromatic carbocycles. The van der Waals surface area contributed by atoms with Gasteiger partial charge in [0.1, 0.15) is 12.4 Å². The number of hydrogen-bond acceptors (Lipinski definition) is 2. The van der Waals surface area contributed by atoms with Crippen molar-refractivity contribution >= 4 is 11.6 Å². The van der Waals surface area contributed by atoms with Crippen molar-refractivity contribution in [2.75, 3.05) is 0 Å². The van der Waals surface area contributed by atoms with Crippen molar-refractivity contribution in [2.24, 2.45) is 0 Å². The van der Waals surface area contributed by atoms with Crippen molar-refractivity contribution in [3.05, 3.63) is 64.7 Å². The molecule has 0 heterocycles. The van der Waals surface area contributed by atoms with Gasteiger partial charge in [-0.1, -0.05) is 54.1 Å². The third kappa shape index (κ3) is 5.07. The molecule has 0 aromatic heterocycles. The molecule has 3 heteroatoms. The second-order valence-electron chi connectivity index (χ2n) is 6.11. The van der Waals surface area contributed by atoms with Gasteiger partial charge in [-0.15, -0.1) is 0 Å². The van der Waals surface area contributed by atoms with E-state index in [-0.39, 0.29) is 5.54 Å². The number of para-hydroxylation sites is 1. The third-order valence-electron chi connectivity index (χ3n) is 3.08. The van der Waals surface area contributed by atoms with Gasteiger partial charge in [-0.25, -0.2) is 0 Å². The zero-order chi connectivity index (χ0) is 15.3. The zero-order valence-electron chi connectivity index (χ0n) is 12.8. The van der Waals surface area contributed by atoms with E-state index in [9.17, 15) is 0 Å². The monoisotopic (exact) mass is 303 g/mol. The molecule has 0 atom stereocenters. The number of hydrogen-bond donors (Lipinski definition) is 1. The summed E-state index contributed by atoms with van der Waals surface area (Å²) in [6.07, 6.45) is 0. The molecule has 2 aromatic rings. The van der Waals surface area contributed by atoms with Gasteiger partial charge in [-0.3, -0.25) is 0 Å². The van der Waals surface area contributed by atoms with E-state index in [1.807, 2.05) is 48.5 Å². The molecule has 2 rings (SSSR count). The SMILES string of the molecule is CC(C)(C)NCc1cccc(Cl)c1OCc1ccccc1. The molecule has 0 spiro atoms.